The summed E-state index contributed by atoms with van der Waals surface area (Å²) in [5.74, 6) is 0. The number of hydrogen-bond donors (Lipinski definition) is 1. The van der Waals surface area contributed by atoms with Crippen LogP contribution in [0.15, 0.2) is 57.7 Å². The molecule has 4 heteroatoms. The predicted molar refractivity (Wildman–Crippen MR) is 72.7 cm³/mol. The maximum Gasteiger partial charge on any atom is 0.220 e. The van der Waals surface area contributed by atoms with Crippen LogP contribution >= 0.6 is 0 Å². The monoisotopic (exact) mass is 251 g/mol. The first-order valence-electron chi connectivity index (χ1n) is 5.91. The first kappa shape index (κ1) is 10.2. The molecule has 2 aromatic carbocycles. The zero-order valence-corrected chi connectivity index (χ0v) is 9.83. The molecule has 0 aliphatic carbocycles. The van der Waals surface area contributed by atoms with Crippen LogP contribution in [0.3, 0.4) is 0 Å². The fraction of sp³-hybridized carbons (Fsp3) is 0. The van der Waals surface area contributed by atoms with Crippen LogP contribution in [-0.2, 0) is 0 Å². The Balaban J connectivity index is 2.42. The predicted octanol–water partition coefficient (Wildman–Crippen LogP) is 3.14. The van der Waals surface area contributed by atoms with Gasteiger partial charge < -0.3 is 9.62 Å². The van der Waals surface area contributed by atoms with Crippen molar-refractivity contribution in [3.05, 3.63) is 58.8 Å². The van der Waals surface area contributed by atoms with Gasteiger partial charge in [0.1, 0.15) is 5.58 Å². The molecule has 0 spiro atoms. The molecule has 0 fully saturated rings. The Labute approximate surface area is 107 Å². The highest BCUT2D eigenvalue weighted by Crippen LogP contribution is 2.28. The average molecular weight is 251 g/mol. The second-order valence-electron chi connectivity index (χ2n) is 4.43. The molecule has 0 aliphatic rings. The van der Waals surface area contributed by atoms with Crippen molar-refractivity contribution >= 4 is 33.0 Å². The second-order valence-corrected chi connectivity index (χ2v) is 4.43. The highest BCUT2D eigenvalue weighted by Gasteiger charge is 2.17. The van der Waals surface area contributed by atoms with Gasteiger partial charge in [-0.2, -0.15) is 4.73 Å². The van der Waals surface area contributed by atoms with Gasteiger partial charge in [0.15, 0.2) is 11.1 Å². The van der Waals surface area contributed by atoms with E-state index < -0.39 is 0 Å². The van der Waals surface area contributed by atoms with Gasteiger partial charge in [-0.25, -0.2) is 0 Å². The van der Waals surface area contributed by atoms with E-state index >= 15 is 0 Å². The molecule has 92 valence electrons. The number of para-hydroxylation sites is 2. The molecule has 0 atom stereocenters. The lowest BCUT2D eigenvalue weighted by atomic mass is 10.2. The van der Waals surface area contributed by atoms with E-state index in [0.717, 1.165) is 10.1 Å². The van der Waals surface area contributed by atoms with E-state index in [1.165, 1.54) is 0 Å². The fourth-order valence-electron chi connectivity index (χ4n) is 2.48. The summed E-state index contributed by atoms with van der Waals surface area (Å²) in [4.78, 5) is 12.4. The van der Waals surface area contributed by atoms with Crippen molar-refractivity contribution in [1.29, 1.82) is 0 Å². The maximum absolute atomic E-state index is 12.4. The summed E-state index contributed by atoms with van der Waals surface area (Å²) in [7, 11) is 0. The Bertz CT molecular complexity index is 995. The van der Waals surface area contributed by atoms with Crippen LogP contribution < -0.4 is 5.43 Å². The molecule has 4 rings (SSSR count). The normalized spacial score (nSPS) is 11.6. The van der Waals surface area contributed by atoms with E-state index in [-0.39, 0.29) is 10.9 Å². The van der Waals surface area contributed by atoms with Crippen LogP contribution in [0.25, 0.3) is 33.0 Å². The first-order valence-corrected chi connectivity index (χ1v) is 5.91. The minimum Gasteiger partial charge on any atom is -0.453 e. The highest BCUT2D eigenvalue weighted by molar-refractivity contribution is 6.06. The summed E-state index contributed by atoms with van der Waals surface area (Å²) in [6, 6.07) is 14.2. The summed E-state index contributed by atoms with van der Waals surface area (Å²) in [5, 5.41) is 11.3. The van der Waals surface area contributed by atoms with Crippen molar-refractivity contribution in [2.45, 2.75) is 0 Å². The van der Waals surface area contributed by atoms with Gasteiger partial charge in [-0.15, -0.1) is 0 Å². The average Bonchev–Trinajstić information content (AvgIpc) is 2.74. The summed E-state index contributed by atoms with van der Waals surface area (Å²) < 4.78 is 6.69. The van der Waals surface area contributed by atoms with E-state index in [2.05, 4.69) is 0 Å². The Hall–Kier alpha value is -2.75. The molecule has 4 aromatic rings. The van der Waals surface area contributed by atoms with Crippen LogP contribution in [0.2, 0.25) is 0 Å². The van der Waals surface area contributed by atoms with E-state index in [9.17, 15) is 10.0 Å². The van der Waals surface area contributed by atoms with Crippen molar-refractivity contribution in [2.24, 2.45) is 0 Å². The molecule has 0 amide bonds. The third kappa shape index (κ3) is 1.20. The van der Waals surface area contributed by atoms with Crippen LogP contribution in [0, 0.1) is 0 Å². The Morgan fingerprint density at radius 3 is 2.47 bits per heavy atom. The molecule has 0 aliphatic heterocycles. The van der Waals surface area contributed by atoms with Gasteiger partial charge in [0.25, 0.3) is 0 Å². The molecule has 2 aromatic heterocycles. The van der Waals surface area contributed by atoms with E-state index in [0.29, 0.717) is 22.1 Å². The van der Waals surface area contributed by atoms with E-state index in [4.69, 9.17) is 4.42 Å². The van der Waals surface area contributed by atoms with Crippen molar-refractivity contribution < 1.29 is 9.62 Å². The van der Waals surface area contributed by atoms with Crippen LogP contribution in [-0.4, -0.2) is 9.94 Å². The molecular formula is C15H9NO3. The number of hydrogen-bond acceptors (Lipinski definition) is 3. The lowest BCUT2D eigenvalue weighted by Gasteiger charge is -1.98. The highest BCUT2D eigenvalue weighted by atomic mass is 16.5. The summed E-state index contributed by atoms with van der Waals surface area (Å²) in [6.07, 6.45) is 0. The third-order valence-corrected chi connectivity index (χ3v) is 3.36. The minimum atomic E-state index is -0.226. The second kappa shape index (κ2) is 3.38. The molecule has 0 unspecified atom stereocenters. The van der Waals surface area contributed by atoms with Gasteiger partial charge in [0, 0.05) is 5.39 Å². The molecule has 0 saturated carbocycles. The minimum absolute atomic E-state index is 0.180. The molecule has 0 radical (unpaired) electrons. The molecule has 2 heterocycles. The van der Waals surface area contributed by atoms with Gasteiger partial charge in [0.2, 0.25) is 5.43 Å². The maximum atomic E-state index is 12.4. The van der Waals surface area contributed by atoms with Crippen LogP contribution in [0.5, 0.6) is 0 Å². The number of fused-ring (bicyclic) bond motifs is 4. The molecule has 1 N–H and O–H groups in total. The van der Waals surface area contributed by atoms with E-state index in [1.54, 1.807) is 30.3 Å². The Morgan fingerprint density at radius 2 is 1.63 bits per heavy atom. The molecule has 0 saturated heterocycles. The van der Waals surface area contributed by atoms with Crippen molar-refractivity contribution in [1.82, 2.24) is 4.73 Å². The van der Waals surface area contributed by atoms with Gasteiger partial charge in [-0.3, -0.25) is 4.79 Å². The van der Waals surface area contributed by atoms with Gasteiger partial charge in [-0.1, -0.05) is 24.3 Å². The lowest BCUT2D eigenvalue weighted by molar-refractivity contribution is 0.212. The molecule has 4 nitrogen and oxygen atoms in total. The standard InChI is InChI=1S/C15H9NO3/c17-14-10-6-2-4-8-12(10)19-15-9-5-1-3-7-11(9)16(18)13(14)15/h1-8,18H. The van der Waals surface area contributed by atoms with Crippen molar-refractivity contribution in [3.63, 3.8) is 0 Å². The summed E-state index contributed by atoms with van der Waals surface area (Å²) in [5.41, 5.74) is 1.46. The SMILES string of the molecule is O=c1c2ccccc2oc2c3ccccc3n(O)c12. The van der Waals surface area contributed by atoms with Crippen molar-refractivity contribution in [2.75, 3.05) is 0 Å². The van der Waals surface area contributed by atoms with Crippen molar-refractivity contribution in [3.8, 4) is 0 Å². The number of benzene rings is 2. The number of rotatable bonds is 0. The smallest absolute Gasteiger partial charge is 0.220 e. The van der Waals surface area contributed by atoms with Gasteiger partial charge in [-0.05, 0) is 24.3 Å². The number of nitrogens with zero attached hydrogens (tertiary/aromatic N) is 1. The Morgan fingerprint density at radius 1 is 0.947 bits per heavy atom. The topological polar surface area (TPSA) is 55.4 Å². The first-order chi connectivity index (χ1) is 9.27. The fourth-order valence-corrected chi connectivity index (χ4v) is 2.48. The Kier molecular flexibility index (Phi) is 1.82. The van der Waals surface area contributed by atoms with Gasteiger partial charge >= 0.3 is 0 Å². The number of aromatic nitrogens is 1. The zero-order valence-electron chi connectivity index (χ0n) is 9.83. The summed E-state index contributed by atoms with van der Waals surface area (Å²) in [6.45, 7) is 0. The molecule has 0 bridgehead atoms. The van der Waals surface area contributed by atoms with E-state index in [1.807, 2.05) is 18.2 Å². The quantitative estimate of drug-likeness (QED) is 0.488. The van der Waals surface area contributed by atoms with Gasteiger partial charge in [0.05, 0.1) is 10.9 Å². The third-order valence-electron chi connectivity index (χ3n) is 3.36. The van der Waals surface area contributed by atoms with Crippen LogP contribution in [0.4, 0.5) is 0 Å². The lowest BCUT2D eigenvalue weighted by Crippen LogP contribution is -2.06. The molecule has 19 heavy (non-hydrogen) atoms. The summed E-state index contributed by atoms with van der Waals surface area (Å²) >= 11 is 0. The van der Waals surface area contributed by atoms with Crippen LogP contribution in [0.1, 0.15) is 0 Å². The largest absolute Gasteiger partial charge is 0.453 e. The zero-order chi connectivity index (χ0) is 13.0. The molecular weight excluding hydrogens is 242 g/mol.